The maximum Gasteiger partial charge on any atom is 0.295 e. The number of hydrogen-bond acceptors (Lipinski definition) is 6. The third-order valence-electron chi connectivity index (χ3n) is 5.70. The molecule has 0 spiro atoms. The third kappa shape index (κ3) is 4.24. The monoisotopic (exact) mass is 584 g/mol. The molecule has 34 heavy (non-hydrogen) atoms. The summed E-state index contributed by atoms with van der Waals surface area (Å²) in [5.74, 6) is 0. The van der Waals surface area contributed by atoms with Crippen LogP contribution < -0.4 is 10.5 Å². The third-order valence-corrected chi connectivity index (χ3v) is 6.62. The summed E-state index contributed by atoms with van der Waals surface area (Å²) in [6.07, 6.45) is 0. The van der Waals surface area contributed by atoms with Crippen molar-refractivity contribution in [1.29, 1.82) is 0 Å². The minimum Gasteiger partial charge on any atom is -0.378 e. The van der Waals surface area contributed by atoms with Crippen LogP contribution in [0.1, 0.15) is 0 Å². The number of hydrogen-bond donors (Lipinski definition) is 0. The number of benzene rings is 3. The Morgan fingerprint density at radius 3 is 2.29 bits per heavy atom. The lowest BCUT2D eigenvalue weighted by Crippen LogP contribution is -2.36. The second-order valence-corrected chi connectivity index (χ2v) is 9.63. The van der Waals surface area contributed by atoms with Gasteiger partial charge in [0, 0.05) is 44.7 Å². The first-order chi connectivity index (χ1) is 16.4. The van der Waals surface area contributed by atoms with Gasteiger partial charge in [0.2, 0.25) is 0 Å². The molecule has 0 radical (unpaired) electrons. The van der Waals surface area contributed by atoms with E-state index in [1.807, 2.05) is 30.3 Å². The normalized spacial score (nSPS) is 13.9. The fraction of sp³-hybridized carbons (Fsp3) is 0.167. The van der Waals surface area contributed by atoms with Crippen molar-refractivity contribution in [2.75, 3.05) is 31.2 Å². The van der Waals surface area contributed by atoms with E-state index in [-0.39, 0.29) is 11.4 Å². The predicted molar refractivity (Wildman–Crippen MR) is 138 cm³/mol. The van der Waals surface area contributed by atoms with E-state index in [0.717, 1.165) is 24.9 Å². The Labute approximate surface area is 211 Å². The van der Waals surface area contributed by atoms with Gasteiger partial charge in [-0.25, -0.2) is 0 Å². The Kier molecular flexibility index (Phi) is 6.20. The van der Waals surface area contributed by atoms with Gasteiger partial charge in [-0.2, -0.15) is 9.78 Å². The number of halogens is 2. The number of anilines is 1. The minimum absolute atomic E-state index is 0.125. The SMILES string of the molecule is O=c1c2ccccc2c(-c2cc(Br)cc(Br)c2)nn1-c1cc(N2CCOCC2)ccc1[N+](=O)[O-]. The van der Waals surface area contributed by atoms with E-state index in [4.69, 9.17) is 4.74 Å². The molecular weight excluding hydrogens is 568 g/mol. The zero-order valence-electron chi connectivity index (χ0n) is 17.8. The Morgan fingerprint density at radius 1 is 0.941 bits per heavy atom. The molecule has 4 aromatic rings. The maximum atomic E-state index is 13.5. The Bertz CT molecular complexity index is 1460. The van der Waals surface area contributed by atoms with Crippen molar-refractivity contribution in [2.45, 2.75) is 0 Å². The fourth-order valence-electron chi connectivity index (χ4n) is 4.11. The van der Waals surface area contributed by atoms with Crippen LogP contribution in [-0.2, 0) is 4.74 Å². The molecule has 1 saturated heterocycles. The Morgan fingerprint density at radius 2 is 1.62 bits per heavy atom. The maximum absolute atomic E-state index is 13.5. The molecular formula is C24H18Br2N4O4. The second-order valence-electron chi connectivity index (χ2n) is 7.80. The Balaban J connectivity index is 1.80. The molecule has 0 atom stereocenters. The zero-order valence-corrected chi connectivity index (χ0v) is 21.0. The van der Waals surface area contributed by atoms with E-state index in [9.17, 15) is 14.9 Å². The molecule has 0 N–H and O–H groups in total. The standard InChI is InChI=1S/C24H18Br2N4O4/c25-16-11-15(12-17(26)13-16)23-19-3-1-2-4-20(19)24(31)29(27-23)22-14-18(5-6-21(22)30(32)33)28-7-9-34-10-8-28/h1-6,11-14H,7-10H2. The highest BCUT2D eigenvalue weighted by Crippen LogP contribution is 2.32. The van der Waals surface area contributed by atoms with Crippen LogP contribution in [0, 0.1) is 10.1 Å². The van der Waals surface area contributed by atoms with E-state index in [2.05, 4.69) is 41.9 Å². The van der Waals surface area contributed by atoms with Crippen LogP contribution in [0.5, 0.6) is 0 Å². The van der Waals surface area contributed by atoms with Crippen LogP contribution in [0.2, 0.25) is 0 Å². The van der Waals surface area contributed by atoms with E-state index in [0.29, 0.717) is 42.8 Å². The topological polar surface area (TPSA) is 90.5 Å². The number of nitrogens with zero attached hydrogens (tertiary/aromatic N) is 4. The van der Waals surface area contributed by atoms with Crippen molar-refractivity contribution >= 4 is 54.0 Å². The summed E-state index contributed by atoms with van der Waals surface area (Å²) >= 11 is 7.01. The molecule has 1 fully saturated rings. The summed E-state index contributed by atoms with van der Waals surface area (Å²) in [5, 5.41) is 17.7. The van der Waals surface area contributed by atoms with E-state index in [1.54, 1.807) is 24.3 Å². The summed E-state index contributed by atoms with van der Waals surface area (Å²) in [6.45, 7) is 2.47. The average molecular weight is 586 g/mol. The van der Waals surface area contributed by atoms with Gasteiger partial charge in [-0.3, -0.25) is 14.9 Å². The summed E-state index contributed by atoms with van der Waals surface area (Å²) in [6, 6.07) is 17.6. The highest BCUT2D eigenvalue weighted by molar-refractivity contribution is 9.11. The molecule has 1 aliphatic rings. The molecule has 0 bridgehead atoms. The number of nitro benzene ring substituents is 1. The van der Waals surface area contributed by atoms with Gasteiger partial charge >= 0.3 is 0 Å². The van der Waals surface area contributed by atoms with Gasteiger partial charge in [-0.05, 0) is 36.4 Å². The van der Waals surface area contributed by atoms with Crippen LogP contribution >= 0.6 is 31.9 Å². The second kappa shape index (κ2) is 9.28. The van der Waals surface area contributed by atoms with Gasteiger partial charge in [0.05, 0.1) is 29.2 Å². The number of fused-ring (bicyclic) bond motifs is 1. The van der Waals surface area contributed by atoms with Crippen molar-refractivity contribution in [2.24, 2.45) is 0 Å². The zero-order chi connectivity index (χ0) is 23.8. The molecule has 10 heteroatoms. The lowest BCUT2D eigenvalue weighted by molar-refractivity contribution is -0.384. The number of nitro groups is 1. The van der Waals surface area contributed by atoms with Crippen molar-refractivity contribution in [3.05, 3.63) is 90.1 Å². The van der Waals surface area contributed by atoms with Gasteiger partial charge in [0.25, 0.3) is 11.2 Å². The molecule has 0 aliphatic carbocycles. The largest absolute Gasteiger partial charge is 0.378 e. The number of ether oxygens (including phenoxy) is 1. The predicted octanol–water partition coefficient (Wildman–Crippen LogP) is 5.32. The van der Waals surface area contributed by atoms with Gasteiger partial charge in [-0.15, -0.1) is 0 Å². The summed E-state index contributed by atoms with van der Waals surface area (Å²) in [5.41, 5.74) is 1.60. The molecule has 1 aliphatic heterocycles. The highest BCUT2D eigenvalue weighted by atomic mass is 79.9. The van der Waals surface area contributed by atoms with Crippen molar-refractivity contribution in [3.8, 4) is 16.9 Å². The smallest absolute Gasteiger partial charge is 0.295 e. The first-order valence-electron chi connectivity index (χ1n) is 10.5. The first kappa shape index (κ1) is 22.7. The van der Waals surface area contributed by atoms with Gasteiger partial charge in [0.15, 0.2) is 0 Å². The number of rotatable bonds is 4. The van der Waals surface area contributed by atoms with Crippen LogP contribution in [-0.4, -0.2) is 41.0 Å². The van der Waals surface area contributed by atoms with E-state index < -0.39 is 10.5 Å². The molecule has 3 aromatic carbocycles. The number of morpholine rings is 1. The molecule has 0 saturated carbocycles. The van der Waals surface area contributed by atoms with Gasteiger partial charge in [-0.1, -0.05) is 50.1 Å². The molecule has 0 amide bonds. The number of aromatic nitrogens is 2. The summed E-state index contributed by atoms with van der Waals surface area (Å²) in [7, 11) is 0. The van der Waals surface area contributed by atoms with Crippen molar-refractivity contribution < 1.29 is 9.66 Å². The lowest BCUT2D eigenvalue weighted by atomic mass is 10.0. The summed E-state index contributed by atoms with van der Waals surface area (Å²) in [4.78, 5) is 27.0. The molecule has 172 valence electrons. The molecule has 2 heterocycles. The quantitative estimate of drug-likeness (QED) is 0.238. The molecule has 5 rings (SSSR count). The molecule has 1 aromatic heterocycles. The van der Waals surface area contributed by atoms with Crippen molar-refractivity contribution in [1.82, 2.24) is 9.78 Å². The van der Waals surface area contributed by atoms with Gasteiger partial charge < -0.3 is 9.64 Å². The fourth-order valence-corrected chi connectivity index (χ4v) is 5.40. The van der Waals surface area contributed by atoms with Crippen molar-refractivity contribution in [3.63, 3.8) is 0 Å². The lowest BCUT2D eigenvalue weighted by Gasteiger charge is -2.29. The van der Waals surface area contributed by atoms with Crippen LogP contribution in [0.15, 0.2) is 74.4 Å². The Hall–Kier alpha value is -3.08. The highest BCUT2D eigenvalue weighted by Gasteiger charge is 2.23. The van der Waals surface area contributed by atoms with Gasteiger partial charge in [0.1, 0.15) is 5.69 Å². The average Bonchev–Trinajstić information content (AvgIpc) is 2.84. The van der Waals surface area contributed by atoms with E-state index >= 15 is 0 Å². The minimum atomic E-state index is -0.489. The first-order valence-corrected chi connectivity index (χ1v) is 12.1. The molecule has 8 nitrogen and oxygen atoms in total. The van der Waals surface area contributed by atoms with Crippen LogP contribution in [0.3, 0.4) is 0 Å². The van der Waals surface area contributed by atoms with E-state index in [1.165, 1.54) is 6.07 Å². The van der Waals surface area contributed by atoms with Crippen LogP contribution in [0.25, 0.3) is 27.7 Å². The summed E-state index contributed by atoms with van der Waals surface area (Å²) < 4.78 is 8.24. The molecule has 0 unspecified atom stereocenters. The van der Waals surface area contributed by atoms with Crippen LogP contribution in [0.4, 0.5) is 11.4 Å².